The molecule has 0 aromatic carbocycles. The van der Waals surface area contributed by atoms with Gasteiger partial charge in [-0.3, -0.25) is 9.59 Å². The molecule has 1 fully saturated rings. The molecule has 1 saturated carbocycles. The van der Waals surface area contributed by atoms with Crippen LogP contribution in [0.1, 0.15) is 36.5 Å². The summed E-state index contributed by atoms with van der Waals surface area (Å²) in [5.41, 5.74) is 0.327. The third kappa shape index (κ3) is 3.16. The molecule has 1 amide bonds. The van der Waals surface area contributed by atoms with Crippen molar-refractivity contribution in [1.82, 2.24) is 10.3 Å². The molecule has 1 aliphatic rings. The van der Waals surface area contributed by atoms with Crippen molar-refractivity contribution in [3.05, 3.63) is 34.2 Å². The van der Waals surface area contributed by atoms with Gasteiger partial charge in [0.05, 0.1) is 5.56 Å². The summed E-state index contributed by atoms with van der Waals surface area (Å²) < 4.78 is 0. The van der Waals surface area contributed by atoms with Gasteiger partial charge in [0.15, 0.2) is 0 Å². The van der Waals surface area contributed by atoms with Crippen LogP contribution in [0.4, 0.5) is 0 Å². The second-order valence-electron chi connectivity index (χ2n) is 4.45. The molecule has 1 heterocycles. The summed E-state index contributed by atoms with van der Waals surface area (Å²) >= 11 is 1.91. The second kappa shape index (κ2) is 6.09. The van der Waals surface area contributed by atoms with Crippen LogP contribution < -0.4 is 10.9 Å². The van der Waals surface area contributed by atoms with Gasteiger partial charge in [0.1, 0.15) is 0 Å². The van der Waals surface area contributed by atoms with E-state index in [1.165, 1.54) is 25.1 Å². The monoisotopic (exact) mass is 266 g/mol. The number of carbonyl (C=O) groups is 1. The Morgan fingerprint density at radius 3 is 3.00 bits per heavy atom. The van der Waals surface area contributed by atoms with Crippen LogP contribution in [0.15, 0.2) is 23.1 Å². The molecule has 0 bridgehead atoms. The molecule has 1 aromatic rings. The van der Waals surface area contributed by atoms with Crippen molar-refractivity contribution < 1.29 is 4.79 Å². The maximum Gasteiger partial charge on any atom is 0.253 e. The summed E-state index contributed by atoms with van der Waals surface area (Å²) in [5, 5.41) is 3.60. The molecular formula is C13H18N2O2S. The molecule has 1 aromatic heterocycles. The van der Waals surface area contributed by atoms with Crippen LogP contribution in [0.2, 0.25) is 0 Å². The first kappa shape index (κ1) is 13.2. The predicted molar refractivity (Wildman–Crippen MR) is 74.1 cm³/mol. The van der Waals surface area contributed by atoms with Crippen molar-refractivity contribution in [3.63, 3.8) is 0 Å². The van der Waals surface area contributed by atoms with Crippen LogP contribution in [0.25, 0.3) is 0 Å². The number of nitrogens with one attached hydrogen (secondary N) is 2. The molecule has 18 heavy (non-hydrogen) atoms. The van der Waals surface area contributed by atoms with Gasteiger partial charge >= 0.3 is 0 Å². The highest BCUT2D eigenvalue weighted by Gasteiger charge is 2.28. The van der Waals surface area contributed by atoms with E-state index >= 15 is 0 Å². The number of hydrogen-bond acceptors (Lipinski definition) is 3. The number of amides is 1. The van der Waals surface area contributed by atoms with E-state index in [1.54, 1.807) is 6.07 Å². The lowest BCUT2D eigenvalue weighted by molar-refractivity contribution is 0.0938. The van der Waals surface area contributed by atoms with Crippen molar-refractivity contribution in [2.75, 3.05) is 5.75 Å². The zero-order valence-electron chi connectivity index (χ0n) is 10.4. The molecular weight excluding hydrogens is 248 g/mol. The zero-order chi connectivity index (χ0) is 13.0. The molecule has 0 radical (unpaired) electrons. The standard InChI is InChI=1S/C13H18N2O2S/c1-2-18-11-5-3-4-10(11)15-13(17)9-6-7-12(16)14-8-9/h6-8,10-11H,2-5H2,1H3,(H,14,16)(H,15,17). The van der Waals surface area contributed by atoms with E-state index in [4.69, 9.17) is 0 Å². The van der Waals surface area contributed by atoms with Crippen molar-refractivity contribution in [3.8, 4) is 0 Å². The molecule has 98 valence electrons. The van der Waals surface area contributed by atoms with Crippen LogP contribution in [0, 0.1) is 0 Å². The first-order chi connectivity index (χ1) is 8.70. The highest BCUT2D eigenvalue weighted by Crippen LogP contribution is 2.29. The number of thioether (sulfide) groups is 1. The number of carbonyl (C=O) groups excluding carboxylic acids is 1. The summed E-state index contributed by atoms with van der Waals surface area (Å²) in [6.45, 7) is 2.14. The average molecular weight is 266 g/mol. The van der Waals surface area contributed by atoms with Crippen molar-refractivity contribution >= 4 is 17.7 Å². The minimum atomic E-state index is -0.188. The molecule has 0 aliphatic heterocycles. The lowest BCUT2D eigenvalue weighted by atomic mass is 10.2. The summed E-state index contributed by atoms with van der Waals surface area (Å²) in [4.78, 5) is 25.5. The fraction of sp³-hybridized carbons (Fsp3) is 0.538. The van der Waals surface area contributed by atoms with Crippen LogP contribution in [-0.4, -0.2) is 27.9 Å². The van der Waals surface area contributed by atoms with Crippen molar-refractivity contribution in [2.45, 2.75) is 37.5 Å². The maximum atomic E-state index is 12.0. The van der Waals surface area contributed by atoms with Gasteiger partial charge in [0.2, 0.25) is 5.56 Å². The Morgan fingerprint density at radius 1 is 1.50 bits per heavy atom. The van der Waals surface area contributed by atoms with Gasteiger partial charge in [0.25, 0.3) is 5.91 Å². The Bertz CT molecular complexity index is 452. The van der Waals surface area contributed by atoms with E-state index in [2.05, 4.69) is 17.2 Å². The van der Waals surface area contributed by atoms with Gasteiger partial charge in [-0.1, -0.05) is 13.3 Å². The first-order valence-corrected chi connectivity index (χ1v) is 7.37. The molecule has 4 nitrogen and oxygen atoms in total. The third-order valence-electron chi connectivity index (χ3n) is 3.20. The number of aromatic amines is 1. The number of aromatic nitrogens is 1. The SMILES string of the molecule is CCSC1CCCC1NC(=O)c1ccc(=O)[nH]c1. The van der Waals surface area contributed by atoms with E-state index < -0.39 is 0 Å². The van der Waals surface area contributed by atoms with Gasteiger partial charge in [0, 0.05) is 23.6 Å². The highest BCUT2D eigenvalue weighted by atomic mass is 32.2. The van der Waals surface area contributed by atoms with Gasteiger partial charge in [-0.25, -0.2) is 0 Å². The summed E-state index contributed by atoms with van der Waals surface area (Å²) in [7, 11) is 0. The molecule has 2 N–H and O–H groups in total. The fourth-order valence-electron chi connectivity index (χ4n) is 2.31. The smallest absolute Gasteiger partial charge is 0.253 e. The van der Waals surface area contributed by atoms with Gasteiger partial charge in [-0.2, -0.15) is 11.8 Å². The van der Waals surface area contributed by atoms with Gasteiger partial charge in [-0.05, 0) is 24.7 Å². The van der Waals surface area contributed by atoms with E-state index in [0.717, 1.165) is 12.2 Å². The zero-order valence-corrected chi connectivity index (χ0v) is 11.3. The molecule has 0 spiro atoms. The quantitative estimate of drug-likeness (QED) is 0.873. The fourth-order valence-corrected chi connectivity index (χ4v) is 3.51. The molecule has 0 saturated heterocycles. The largest absolute Gasteiger partial charge is 0.348 e. The molecule has 2 atom stereocenters. The van der Waals surface area contributed by atoms with E-state index in [0.29, 0.717) is 10.8 Å². The highest BCUT2D eigenvalue weighted by molar-refractivity contribution is 7.99. The molecule has 1 aliphatic carbocycles. The maximum absolute atomic E-state index is 12.0. The van der Waals surface area contributed by atoms with E-state index in [1.807, 2.05) is 11.8 Å². The van der Waals surface area contributed by atoms with Crippen LogP contribution in [-0.2, 0) is 0 Å². The normalized spacial score (nSPS) is 22.9. The van der Waals surface area contributed by atoms with Crippen molar-refractivity contribution in [2.24, 2.45) is 0 Å². The minimum Gasteiger partial charge on any atom is -0.348 e. The predicted octanol–water partition coefficient (Wildman–Crippen LogP) is 1.78. The molecule has 5 heteroatoms. The van der Waals surface area contributed by atoms with Crippen molar-refractivity contribution in [1.29, 1.82) is 0 Å². The third-order valence-corrected chi connectivity index (χ3v) is 4.52. The summed E-state index contributed by atoms with van der Waals surface area (Å²) in [5.74, 6) is 0.982. The number of hydrogen-bond donors (Lipinski definition) is 2. The molecule has 2 unspecified atom stereocenters. The van der Waals surface area contributed by atoms with Gasteiger partial charge in [-0.15, -0.1) is 0 Å². The number of pyridine rings is 1. The summed E-state index contributed by atoms with van der Waals surface area (Å²) in [6.07, 6.45) is 4.87. The van der Waals surface area contributed by atoms with Gasteiger partial charge < -0.3 is 10.3 Å². The van der Waals surface area contributed by atoms with Crippen LogP contribution >= 0.6 is 11.8 Å². The lowest BCUT2D eigenvalue weighted by Crippen LogP contribution is -2.39. The number of rotatable bonds is 4. The Kier molecular flexibility index (Phi) is 4.47. The second-order valence-corrected chi connectivity index (χ2v) is 5.96. The Hall–Kier alpha value is -1.23. The Labute approximate surface area is 111 Å². The minimum absolute atomic E-state index is 0.0974. The van der Waals surface area contributed by atoms with E-state index in [-0.39, 0.29) is 17.5 Å². The summed E-state index contributed by atoms with van der Waals surface area (Å²) in [6, 6.07) is 3.20. The average Bonchev–Trinajstić information content (AvgIpc) is 2.78. The van der Waals surface area contributed by atoms with E-state index in [9.17, 15) is 9.59 Å². The lowest BCUT2D eigenvalue weighted by Gasteiger charge is -2.20. The number of H-pyrrole nitrogens is 1. The topological polar surface area (TPSA) is 62.0 Å². The van der Waals surface area contributed by atoms with Crippen LogP contribution in [0.5, 0.6) is 0 Å². The van der Waals surface area contributed by atoms with Crippen LogP contribution in [0.3, 0.4) is 0 Å². The Balaban J connectivity index is 1.98. The molecule has 2 rings (SSSR count). The first-order valence-electron chi connectivity index (χ1n) is 6.32. The Morgan fingerprint density at radius 2 is 2.33 bits per heavy atom.